The largest absolute Gasteiger partial charge is 0.317 e. The molecule has 0 aliphatic rings. The first-order valence-electron chi connectivity index (χ1n) is 7.48. The monoisotopic (exact) mass is 410 g/mol. The molecule has 2 aromatic carbocycles. The lowest BCUT2D eigenvalue weighted by atomic mass is 10.3. The number of sulfonamides is 1. The Labute approximate surface area is 157 Å². The normalized spacial score (nSPS) is 11.3. The Morgan fingerprint density at radius 2 is 1.74 bits per heavy atom. The number of hydrogen-bond acceptors (Lipinski definition) is 6. The van der Waals surface area contributed by atoms with Gasteiger partial charge < -0.3 is 5.32 Å². The maximum Gasteiger partial charge on any atom is 0.286 e. The van der Waals surface area contributed by atoms with E-state index in [0.29, 0.717) is 0 Å². The van der Waals surface area contributed by atoms with Gasteiger partial charge in [-0.15, -0.1) is 10.2 Å². The highest BCUT2D eigenvalue weighted by Gasteiger charge is 2.18. The molecule has 0 atom stereocenters. The summed E-state index contributed by atoms with van der Waals surface area (Å²) in [6.07, 6.45) is 0. The zero-order chi connectivity index (χ0) is 19.4. The Morgan fingerprint density at radius 3 is 2.44 bits per heavy atom. The summed E-state index contributed by atoms with van der Waals surface area (Å²) >= 11 is 0.861. The van der Waals surface area contributed by atoms with E-state index in [2.05, 4.69) is 20.2 Å². The standard InChI is InChI=1S/C16H12F2N4O3S2/c17-10-5-7-11(8-6-10)27(24,25)19-9-14-21-22-16(26-14)15(23)20-13-4-2-1-3-12(13)18/h1-8,19H,9H2,(H,20,23). The third kappa shape index (κ3) is 4.70. The number of aromatic nitrogens is 2. The van der Waals surface area contributed by atoms with Crippen LogP contribution in [0.5, 0.6) is 0 Å². The van der Waals surface area contributed by atoms with Crippen LogP contribution in [0.25, 0.3) is 0 Å². The molecule has 0 spiro atoms. The molecule has 1 amide bonds. The number of amides is 1. The Bertz CT molecular complexity index is 1070. The molecule has 27 heavy (non-hydrogen) atoms. The molecule has 3 aromatic rings. The summed E-state index contributed by atoms with van der Waals surface area (Å²) in [6.45, 7) is -0.204. The molecule has 0 saturated carbocycles. The predicted molar refractivity (Wildman–Crippen MR) is 94.7 cm³/mol. The molecular weight excluding hydrogens is 398 g/mol. The molecule has 0 aliphatic heterocycles. The average Bonchev–Trinajstić information content (AvgIpc) is 3.12. The van der Waals surface area contributed by atoms with Crippen molar-refractivity contribution in [2.24, 2.45) is 0 Å². The van der Waals surface area contributed by atoms with Gasteiger partial charge in [0.25, 0.3) is 5.91 Å². The molecule has 1 aromatic heterocycles. The molecule has 1 heterocycles. The molecule has 0 fully saturated rings. The van der Waals surface area contributed by atoms with Crippen molar-refractivity contribution >= 4 is 33.0 Å². The SMILES string of the molecule is O=C(Nc1ccccc1F)c1nnc(CNS(=O)(=O)c2ccc(F)cc2)s1. The zero-order valence-electron chi connectivity index (χ0n) is 13.5. The number of carbonyl (C=O) groups is 1. The molecule has 7 nitrogen and oxygen atoms in total. The smallest absolute Gasteiger partial charge is 0.286 e. The van der Waals surface area contributed by atoms with Gasteiger partial charge in [-0.1, -0.05) is 23.5 Å². The highest BCUT2D eigenvalue weighted by atomic mass is 32.2. The zero-order valence-corrected chi connectivity index (χ0v) is 15.2. The van der Waals surface area contributed by atoms with E-state index in [4.69, 9.17) is 0 Å². The van der Waals surface area contributed by atoms with Crippen LogP contribution in [0.15, 0.2) is 53.4 Å². The maximum atomic E-state index is 13.6. The van der Waals surface area contributed by atoms with E-state index in [9.17, 15) is 22.0 Å². The molecule has 2 N–H and O–H groups in total. The molecule has 0 saturated heterocycles. The number of anilines is 1. The summed E-state index contributed by atoms with van der Waals surface area (Å²) < 4.78 is 53.0. The fraction of sp³-hybridized carbons (Fsp3) is 0.0625. The lowest BCUT2D eigenvalue weighted by molar-refractivity contribution is 0.102. The van der Waals surface area contributed by atoms with Gasteiger partial charge >= 0.3 is 0 Å². The molecule has 11 heteroatoms. The van der Waals surface area contributed by atoms with Crippen molar-refractivity contribution < 1.29 is 22.0 Å². The number of carbonyl (C=O) groups excluding carboxylic acids is 1. The summed E-state index contributed by atoms with van der Waals surface area (Å²) in [5.41, 5.74) is -0.00346. The number of rotatable bonds is 6. The van der Waals surface area contributed by atoms with Crippen molar-refractivity contribution in [3.63, 3.8) is 0 Å². The highest BCUT2D eigenvalue weighted by Crippen LogP contribution is 2.17. The van der Waals surface area contributed by atoms with E-state index in [1.807, 2.05) is 0 Å². The van der Waals surface area contributed by atoms with Crippen molar-refractivity contribution in [1.82, 2.24) is 14.9 Å². The number of hydrogen-bond donors (Lipinski definition) is 2. The van der Waals surface area contributed by atoms with Crippen LogP contribution in [-0.2, 0) is 16.6 Å². The van der Waals surface area contributed by atoms with Crippen molar-refractivity contribution in [2.45, 2.75) is 11.4 Å². The van der Waals surface area contributed by atoms with Crippen LogP contribution in [0, 0.1) is 11.6 Å². The van der Waals surface area contributed by atoms with E-state index in [1.165, 1.54) is 18.2 Å². The summed E-state index contributed by atoms with van der Waals surface area (Å²) in [6, 6.07) is 9.97. The second kappa shape index (κ2) is 7.86. The van der Waals surface area contributed by atoms with Gasteiger partial charge in [0.15, 0.2) is 0 Å². The molecule has 0 aliphatic carbocycles. The molecule has 0 bridgehead atoms. The lowest BCUT2D eigenvalue weighted by Crippen LogP contribution is -2.23. The fourth-order valence-corrected chi connectivity index (χ4v) is 3.76. The topological polar surface area (TPSA) is 101 Å². The van der Waals surface area contributed by atoms with Gasteiger partial charge in [0, 0.05) is 0 Å². The van der Waals surface area contributed by atoms with E-state index in [0.717, 1.165) is 35.6 Å². The summed E-state index contributed by atoms with van der Waals surface area (Å²) in [5.74, 6) is -1.81. The van der Waals surface area contributed by atoms with Crippen molar-refractivity contribution in [2.75, 3.05) is 5.32 Å². The van der Waals surface area contributed by atoms with Gasteiger partial charge in [-0.2, -0.15) is 0 Å². The number of benzene rings is 2. The summed E-state index contributed by atoms with van der Waals surface area (Å²) in [7, 11) is -3.87. The Balaban J connectivity index is 1.65. The minimum absolute atomic E-state index is 0.00346. The maximum absolute atomic E-state index is 13.6. The number of nitrogens with zero attached hydrogens (tertiary/aromatic N) is 2. The minimum atomic E-state index is -3.87. The van der Waals surface area contributed by atoms with Gasteiger partial charge in [0.2, 0.25) is 15.0 Å². The van der Waals surface area contributed by atoms with Crippen molar-refractivity contribution in [3.8, 4) is 0 Å². The quantitative estimate of drug-likeness (QED) is 0.650. The number of para-hydroxylation sites is 1. The third-order valence-electron chi connectivity index (χ3n) is 3.32. The second-order valence-corrected chi connectivity index (χ2v) is 8.04. The van der Waals surface area contributed by atoms with Crippen molar-refractivity contribution in [3.05, 3.63) is 70.2 Å². The number of nitrogens with one attached hydrogen (secondary N) is 2. The fourth-order valence-electron chi connectivity index (χ4n) is 2.01. The minimum Gasteiger partial charge on any atom is -0.317 e. The van der Waals surface area contributed by atoms with Crippen LogP contribution in [0.3, 0.4) is 0 Å². The van der Waals surface area contributed by atoms with Crippen LogP contribution >= 0.6 is 11.3 Å². The van der Waals surface area contributed by atoms with Gasteiger partial charge in [-0.25, -0.2) is 21.9 Å². The lowest BCUT2D eigenvalue weighted by Gasteiger charge is -2.04. The summed E-state index contributed by atoms with van der Waals surface area (Å²) in [4.78, 5) is 12.0. The first-order valence-corrected chi connectivity index (χ1v) is 9.78. The summed E-state index contributed by atoms with van der Waals surface area (Å²) in [5, 5.41) is 9.97. The van der Waals surface area contributed by atoms with E-state index in [1.54, 1.807) is 6.07 Å². The first-order chi connectivity index (χ1) is 12.8. The van der Waals surface area contributed by atoms with E-state index in [-0.39, 0.29) is 27.1 Å². The van der Waals surface area contributed by atoms with E-state index < -0.39 is 27.6 Å². The van der Waals surface area contributed by atoms with Gasteiger partial charge in [-0.3, -0.25) is 4.79 Å². The van der Waals surface area contributed by atoms with Crippen LogP contribution in [0.4, 0.5) is 14.5 Å². The van der Waals surface area contributed by atoms with Gasteiger partial charge in [-0.05, 0) is 36.4 Å². The highest BCUT2D eigenvalue weighted by molar-refractivity contribution is 7.89. The van der Waals surface area contributed by atoms with E-state index >= 15 is 0 Å². The molecular formula is C16H12F2N4O3S2. The molecule has 140 valence electrons. The second-order valence-electron chi connectivity index (χ2n) is 5.21. The number of halogens is 2. The molecule has 0 unspecified atom stereocenters. The molecule has 0 radical (unpaired) electrons. The van der Waals surface area contributed by atoms with Gasteiger partial charge in [0.1, 0.15) is 16.6 Å². The molecule has 3 rings (SSSR count). The Hall–Kier alpha value is -2.76. The Kier molecular flexibility index (Phi) is 5.54. The van der Waals surface area contributed by atoms with Crippen LogP contribution in [0.2, 0.25) is 0 Å². The van der Waals surface area contributed by atoms with Gasteiger partial charge in [0.05, 0.1) is 17.1 Å². The van der Waals surface area contributed by atoms with Crippen LogP contribution in [-0.4, -0.2) is 24.5 Å². The van der Waals surface area contributed by atoms with Crippen LogP contribution < -0.4 is 10.0 Å². The van der Waals surface area contributed by atoms with Crippen LogP contribution in [0.1, 0.15) is 14.8 Å². The average molecular weight is 410 g/mol. The first kappa shape index (κ1) is 19.0. The predicted octanol–water partition coefficient (Wildman–Crippen LogP) is 2.55. The Morgan fingerprint density at radius 1 is 1.04 bits per heavy atom. The van der Waals surface area contributed by atoms with Crippen molar-refractivity contribution in [1.29, 1.82) is 0 Å². The third-order valence-corrected chi connectivity index (χ3v) is 5.66.